The molecule has 2 heterocycles. The van der Waals surface area contributed by atoms with Crippen molar-refractivity contribution < 1.29 is 17.9 Å². The van der Waals surface area contributed by atoms with Crippen LogP contribution in [0.3, 0.4) is 0 Å². The molecular weight excluding hydrogens is 446 g/mol. The van der Waals surface area contributed by atoms with Crippen molar-refractivity contribution in [3.8, 4) is 5.75 Å². The van der Waals surface area contributed by atoms with Gasteiger partial charge in [-0.15, -0.1) is 0 Å². The van der Waals surface area contributed by atoms with Crippen molar-refractivity contribution in [3.63, 3.8) is 0 Å². The van der Waals surface area contributed by atoms with Gasteiger partial charge < -0.3 is 9.30 Å². The van der Waals surface area contributed by atoms with Crippen molar-refractivity contribution in [2.45, 2.75) is 31.6 Å². The number of aryl methyl sites for hydroxylation is 3. The van der Waals surface area contributed by atoms with Crippen LogP contribution in [0.4, 0.5) is 0 Å². The Morgan fingerprint density at radius 3 is 2.59 bits per heavy atom. The van der Waals surface area contributed by atoms with E-state index in [0.29, 0.717) is 29.9 Å². The van der Waals surface area contributed by atoms with Gasteiger partial charge in [0.15, 0.2) is 4.80 Å². The Labute approximate surface area is 192 Å². The van der Waals surface area contributed by atoms with Crippen molar-refractivity contribution >= 4 is 37.5 Å². The average molecular weight is 474 g/mol. The van der Waals surface area contributed by atoms with E-state index >= 15 is 0 Å². The average Bonchev–Trinajstić information content (AvgIpc) is 3.09. The molecule has 0 N–H and O–H groups in total. The first-order valence-electron chi connectivity index (χ1n) is 10.5. The molecule has 1 aliphatic rings. The van der Waals surface area contributed by atoms with Crippen molar-refractivity contribution in [2.75, 3.05) is 20.2 Å². The molecule has 1 aliphatic heterocycles. The molecule has 7 nitrogen and oxygen atoms in total. The van der Waals surface area contributed by atoms with Crippen LogP contribution < -0.4 is 9.54 Å². The molecular formula is C23H27N3O4S2. The number of thiazole rings is 1. The monoisotopic (exact) mass is 473 g/mol. The molecule has 0 aliphatic carbocycles. The number of aromatic nitrogens is 1. The number of sulfonamides is 1. The highest BCUT2D eigenvalue weighted by Gasteiger charge is 2.33. The van der Waals surface area contributed by atoms with Gasteiger partial charge in [-0.1, -0.05) is 17.4 Å². The van der Waals surface area contributed by atoms with E-state index in [4.69, 9.17) is 4.74 Å². The minimum Gasteiger partial charge on any atom is -0.497 e. The number of rotatable bonds is 4. The van der Waals surface area contributed by atoms with E-state index in [1.165, 1.54) is 34.9 Å². The van der Waals surface area contributed by atoms with Crippen LogP contribution >= 0.6 is 11.3 Å². The number of methoxy groups -OCH3 is 1. The summed E-state index contributed by atoms with van der Waals surface area (Å²) < 4.78 is 35.7. The fraction of sp³-hybridized carbons (Fsp3) is 0.391. The van der Waals surface area contributed by atoms with Crippen LogP contribution in [-0.4, -0.2) is 43.4 Å². The highest BCUT2D eigenvalue weighted by atomic mass is 32.2. The Bertz CT molecular complexity index is 1340. The first-order valence-corrected chi connectivity index (χ1v) is 12.8. The maximum atomic E-state index is 13.1. The van der Waals surface area contributed by atoms with Gasteiger partial charge in [0, 0.05) is 20.1 Å². The second-order valence-electron chi connectivity index (χ2n) is 8.20. The molecule has 32 heavy (non-hydrogen) atoms. The Morgan fingerprint density at radius 1 is 1.19 bits per heavy atom. The second kappa shape index (κ2) is 8.80. The van der Waals surface area contributed by atoms with Gasteiger partial charge in [0.1, 0.15) is 5.75 Å². The number of fused-ring (bicyclic) bond motifs is 1. The quantitative estimate of drug-likeness (QED) is 0.582. The maximum Gasteiger partial charge on any atom is 0.252 e. The maximum absolute atomic E-state index is 13.1. The highest BCUT2D eigenvalue weighted by Crippen LogP contribution is 2.26. The van der Waals surface area contributed by atoms with E-state index in [2.05, 4.69) is 24.0 Å². The topological polar surface area (TPSA) is 81.0 Å². The second-order valence-corrected chi connectivity index (χ2v) is 11.1. The molecule has 1 saturated heterocycles. The van der Waals surface area contributed by atoms with E-state index in [0.717, 1.165) is 21.3 Å². The molecule has 2 aromatic carbocycles. The predicted octanol–water partition coefficient (Wildman–Crippen LogP) is 3.39. The van der Waals surface area contributed by atoms with Gasteiger partial charge in [-0.3, -0.25) is 4.79 Å². The molecule has 0 radical (unpaired) electrons. The van der Waals surface area contributed by atoms with Crippen LogP contribution in [0.2, 0.25) is 0 Å². The molecule has 1 unspecified atom stereocenters. The number of carbonyl (C=O) groups excluding carboxylic acids is 1. The van der Waals surface area contributed by atoms with Crippen LogP contribution in [0.1, 0.15) is 24.0 Å². The van der Waals surface area contributed by atoms with Gasteiger partial charge in [0.25, 0.3) is 5.91 Å². The van der Waals surface area contributed by atoms with Crippen molar-refractivity contribution in [2.24, 2.45) is 18.0 Å². The van der Waals surface area contributed by atoms with Gasteiger partial charge >= 0.3 is 0 Å². The van der Waals surface area contributed by atoms with Crippen molar-refractivity contribution in [1.29, 1.82) is 0 Å². The summed E-state index contributed by atoms with van der Waals surface area (Å²) in [5, 5.41) is 0. The molecule has 0 bridgehead atoms. The van der Waals surface area contributed by atoms with Gasteiger partial charge in [-0.05, 0) is 68.1 Å². The molecule has 1 amide bonds. The van der Waals surface area contributed by atoms with Crippen LogP contribution in [0, 0.1) is 19.8 Å². The molecule has 1 atom stereocenters. The molecule has 0 spiro atoms. The van der Waals surface area contributed by atoms with Gasteiger partial charge in [-0.25, -0.2) is 8.42 Å². The van der Waals surface area contributed by atoms with Gasteiger partial charge in [-0.2, -0.15) is 9.30 Å². The number of ether oxygens (including phenoxy) is 1. The predicted molar refractivity (Wildman–Crippen MR) is 125 cm³/mol. The highest BCUT2D eigenvalue weighted by molar-refractivity contribution is 7.89. The zero-order valence-corrected chi connectivity index (χ0v) is 20.3. The van der Waals surface area contributed by atoms with Gasteiger partial charge in [0.05, 0.1) is 28.1 Å². The van der Waals surface area contributed by atoms with E-state index in [-0.39, 0.29) is 17.3 Å². The molecule has 0 saturated carbocycles. The van der Waals surface area contributed by atoms with Crippen LogP contribution in [0.5, 0.6) is 5.75 Å². The third-order valence-corrected chi connectivity index (χ3v) is 9.04. The zero-order chi connectivity index (χ0) is 23.0. The van der Waals surface area contributed by atoms with Crippen LogP contribution in [0.15, 0.2) is 46.3 Å². The Kier molecular flexibility index (Phi) is 6.24. The summed E-state index contributed by atoms with van der Waals surface area (Å²) in [5.74, 6) is -0.128. The van der Waals surface area contributed by atoms with E-state index in [1.807, 2.05) is 18.5 Å². The summed E-state index contributed by atoms with van der Waals surface area (Å²) in [6.45, 7) is 4.64. The minimum absolute atomic E-state index is 0.142. The lowest BCUT2D eigenvalue weighted by molar-refractivity contribution is -0.122. The lowest BCUT2D eigenvalue weighted by Crippen LogP contribution is -2.42. The summed E-state index contributed by atoms with van der Waals surface area (Å²) >= 11 is 1.49. The number of benzene rings is 2. The molecule has 170 valence electrons. The summed E-state index contributed by atoms with van der Waals surface area (Å²) in [6.07, 6.45) is 1.25. The fourth-order valence-corrected chi connectivity index (χ4v) is 6.72. The Morgan fingerprint density at radius 2 is 1.91 bits per heavy atom. The summed E-state index contributed by atoms with van der Waals surface area (Å²) in [7, 11) is -0.242. The van der Waals surface area contributed by atoms with Gasteiger partial charge in [0.2, 0.25) is 10.0 Å². The summed E-state index contributed by atoms with van der Waals surface area (Å²) in [5.41, 5.74) is 3.36. The normalized spacial score (nSPS) is 18.2. The molecule has 4 rings (SSSR count). The summed E-state index contributed by atoms with van der Waals surface area (Å²) in [4.78, 5) is 18.3. The Balaban J connectivity index is 1.59. The van der Waals surface area contributed by atoms with E-state index in [1.54, 1.807) is 12.1 Å². The third-order valence-electron chi connectivity index (χ3n) is 5.88. The number of hydrogen-bond donors (Lipinski definition) is 0. The molecule has 1 fully saturated rings. The standard InChI is InChI=1S/C23H27N3O4S2/c1-15-12-16(2)21-20(13-15)25(3)23(31-21)24-22(27)17-6-5-11-26(14-17)32(28,29)19-9-7-18(30-4)8-10-19/h7-10,12-13,17H,5-6,11,14H2,1-4H3. The number of hydrogen-bond acceptors (Lipinski definition) is 5. The number of amides is 1. The largest absolute Gasteiger partial charge is 0.497 e. The van der Waals surface area contributed by atoms with E-state index in [9.17, 15) is 13.2 Å². The third kappa shape index (κ3) is 4.24. The first kappa shape index (κ1) is 22.7. The van der Waals surface area contributed by atoms with Crippen molar-refractivity contribution in [1.82, 2.24) is 8.87 Å². The van der Waals surface area contributed by atoms with Crippen LogP contribution in [-0.2, 0) is 21.9 Å². The van der Waals surface area contributed by atoms with Crippen molar-refractivity contribution in [3.05, 3.63) is 52.3 Å². The molecule has 9 heteroatoms. The number of piperidine rings is 1. The number of nitrogens with zero attached hydrogens (tertiary/aromatic N) is 3. The first-order chi connectivity index (χ1) is 15.2. The smallest absolute Gasteiger partial charge is 0.252 e. The van der Waals surface area contributed by atoms with E-state index < -0.39 is 15.9 Å². The summed E-state index contributed by atoms with van der Waals surface area (Å²) in [6, 6.07) is 10.5. The lowest BCUT2D eigenvalue weighted by Gasteiger charge is -2.30. The molecule has 3 aromatic rings. The lowest BCUT2D eigenvalue weighted by atomic mass is 9.99. The minimum atomic E-state index is -3.68. The zero-order valence-electron chi connectivity index (χ0n) is 18.7. The fourth-order valence-electron chi connectivity index (χ4n) is 4.12. The SMILES string of the molecule is COc1ccc(S(=O)(=O)N2CCCC(C(=O)N=c3sc4c(C)cc(C)cc4n3C)C2)cc1. The number of carbonyl (C=O) groups is 1. The van der Waals surface area contributed by atoms with Crippen LogP contribution in [0.25, 0.3) is 10.2 Å². The molecule has 1 aromatic heterocycles. The Hall–Kier alpha value is -2.49.